The molecule has 0 spiro atoms. The second kappa shape index (κ2) is 10.9. The summed E-state index contributed by atoms with van der Waals surface area (Å²) in [5.74, 6) is 1.65. The molecule has 0 radical (unpaired) electrons. The normalized spacial score (nSPS) is 17.9. The van der Waals surface area contributed by atoms with Crippen LogP contribution < -0.4 is 15.4 Å². The first-order valence-electron chi connectivity index (χ1n) is 10.6. The summed E-state index contributed by atoms with van der Waals surface area (Å²) in [6, 6.07) is 10.6. The number of nitrogens with zero attached hydrogens (tertiary/aromatic N) is 4. The Hall–Kier alpha value is -2.54. The minimum atomic E-state index is 0.629. The van der Waals surface area contributed by atoms with Crippen molar-refractivity contribution in [1.82, 2.24) is 25.3 Å². The molecule has 1 fully saturated rings. The van der Waals surface area contributed by atoms with E-state index in [1.807, 2.05) is 41.2 Å². The van der Waals surface area contributed by atoms with Crippen molar-refractivity contribution in [3.05, 3.63) is 42.2 Å². The van der Waals surface area contributed by atoms with Crippen LogP contribution in [0.1, 0.15) is 38.3 Å². The lowest BCUT2D eigenvalue weighted by molar-refractivity contribution is 0.147. The molecule has 1 aromatic heterocycles. The number of rotatable bonds is 8. The second-order valence-electron chi connectivity index (χ2n) is 7.40. The van der Waals surface area contributed by atoms with Gasteiger partial charge in [0.2, 0.25) is 0 Å². The Labute approximate surface area is 174 Å². The van der Waals surface area contributed by atoms with Gasteiger partial charge in [-0.05, 0) is 56.1 Å². The molecule has 1 aliphatic heterocycles. The Balaban J connectivity index is 1.45. The molecule has 7 heteroatoms. The van der Waals surface area contributed by atoms with E-state index < -0.39 is 0 Å². The molecule has 2 aromatic rings. The number of piperidine rings is 1. The maximum atomic E-state index is 5.21. The number of guanidine groups is 1. The smallest absolute Gasteiger partial charge is 0.191 e. The fourth-order valence-electron chi connectivity index (χ4n) is 3.86. The van der Waals surface area contributed by atoms with Crippen molar-refractivity contribution in [2.75, 3.05) is 33.8 Å². The number of aliphatic imine (C=N–C) groups is 1. The monoisotopic (exact) mass is 398 g/mol. The van der Waals surface area contributed by atoms with Crippen molar-refractivity contribution in [1.29, 1.82) is 0 Å². The number of aromatic nitrogens is 2. The van der Waals surface area contributed by atoms with E-state index in [1.54, 1.807) is 14.2 Å². The fourth-order valence-corrected chi connectivity index (χ4v) is 3.86. The number of hydrogen-bond donors (Lipinski definition) is 2. The molecule has 3 rings (SSSR count). The Morgan fingerprint density at radius 1 is 1.21 bits per heavy atom. The predicted molar refractivity (Wildman–Crippen MR) is 118 cm³/mol. The highest BCUT2D eigenvalue weighted by molar-refractivity contribution is 5.79. The zero-order valence-electron chi connectivity index (χ0n) is 17.9. The zero-order valence-corrected chi connectivity index (χ0v) is 17.9. The van der Waals surface area contributed by atoms with Gasteiger partial charge in [-0.3, -0.25) is 9.89 Å². The number of hydrogen-bond acceptors (Lipinski definition) is 4. The van der Waals surface area contributed by atoms with Crippen LogP contribution in [0.3, 0.4) is 0 Å². The summed E-state index contributed by atoms with van der Waals surface area (Å²) in [6.45, 7) is 6.10. The van der Waals surface area contributed by atoms with Gasteiger partial charge in [-0.25, -0.2) is 4.68 Å². The van der Waals surface area contributed by atoms with Crippen molar-refractivity contribution in [2.45, 2.75) is 45.2 Å². The van der Waals surface area contributed by atoms with Gasteiger partial charge in [0, 0.05) is 32.4 Å². The first-order chi connectivity index (χ1) is 14.2. The molecule has 0 aliphatic carbocycles. The predicted octanol–water partition coefficient (Wildman–Crippen LogP) is 2.81. The third-order valence-electron chi connectivity index (χ3n) is 5.55. The van der Waals surface area contributed by atoms with E-state index in [9.17, 15) is 0 Å². The molecular weight excluding hydrogens is 364 g/mol. The molecule has 158 valence electrons. The Kier molecular flexibility index (Phi) is 7.93. The highest BCUT2D eigenvalue weighted by atomic mass is 16.5. The Morgan fingerprint density at radius 2 is 2.03 bits per heavy atom. The summed E-state index contributed by atoms with van der Waals surface area (Å²) in [5.41, 5.74) is 1.97. The topological polar surface area (TPSA) is 66.7 Å². The van der Waals surface area contributed by atoms with Crippen LogP contribution >= 0.6 is 0 Å². The number of benzene rings is 1. The average molecular weight is 399 g/mol. The fraction of sp³-hybridized carbons (Fsp3) is 0.545. The maximum absolute atomic E-state index is 5.21. The van der Waals surface area contributed by atoms with Gasteiger partial charge >= 0.3 is 0 Å². The van der Waals surface area contributed by atoms with Gasteiger partial charge in [0.05, 0.1) is 25.0 Å². The van der Waals surface area contributed by atoms with Gasteiger partial charge < -0.3 is 15.4 Å². The summed E-state index contributed by atoms with van der Waals surface area (Å²) in [5, 5.41) is 11.4. The van der Waals surface area contributed by atoms with E-state index in [1.165, 1.54) is 32.2 Å². The number of methoxy groups -OCH3 is 1. The van der Waals surface area contributed by atoms with Gasteiger partial charge in [-0.2, -0.15) is 5.10 Å². The van der Waals surface area contributed by atoms with Crippen LogP contribution in [-0.4, -0.2) is 60.5 Å². The van der Waals surface area contributed by atoms with Gasteiger partial charge in [-0.1, -0.05) is 13.3 Å². The molecule has 2 N–H and O–H groups in total. The van der Waals surface area contributed by atoms with Crippen LogP contribution in [0, 0.1) is 0 Å². The summed E-state index contributed by atoms with van der Waals surface area (Å²) < 4.78 is 7.08. The van der Waals surface area contributed by atoms with E-state index in [4.69, 9.17) is 4.74 Å². The Morgan fingerprint density at radius 3 is 2.76 bits per heavy atom. The molecule has 1 aromatic carbocycles. The van der Waals surface area contributed by atoms with E-state index in [0.717, 1.165) is 42.2 Å². The first-order valence-corrected chi connectivity index (χ1v) is 10.6. The molecule has 0 bridgehead atoms. The van der Waals surface area contributed by atoms with E-state index in [2.05, 4.69) is 32.5 Å². The van der Waals surface area contributed by atoms with Crippen LogP contribution in [0.5, 0.6) is 5.75 Å². The molecule has 29 heavy (non-hydrogen) atoms. The highest BCUT2D eigenvalue weighted by Crippen LogP contribution is 2.18. The quantitative estimate of drug-likeness (QED) is 0.529. The standard InChI is InChI=1S/C22H34N6O/c1-4-19-7-5-6-14-27(19)16-13-24-22(23-2)25-17-18-12-15-28(26-18)20-8-10-21(29-3)11-9-20/h8-12,15,19H,4-7,13-14,16-17H2,1-3H3,(H2,23,24,25). The van der Waals surface area contributed by atoms with Crippen LogP contribution in [0.15, 0.2) is 41.5 Å². The maximum Gasteiger partial charge on any atom is 0.191 e. The lowest BCUT2D eigenvalue weighted by atomic mass is 10.0. The van der Waals surface area contributed by atoms with E-state index >= 15 is 0 Å². The summed E-state index contributed by atoms with van der Waals surface area (Å²) in [7, 11) is 3.48. The molecule has 7 nitrogen and oxygen atoms in total. The molecule has 1 atom stereocenters. The van der Waals surface area contributed by atoms with Crippen LogP contribution in [0.4, 0.5) is 0 Å². The van der Waals surface area contributed by atoms with Gasteiger partial charge in [0.15, 0.2) is 5.96 Å². The van der Waals surface area contributed by atoms with Crippen LogP contribution in [0.25, 0.3) is 5.69 Å². The van der Waals surface area contributed by atoms with Crippen molar-refractivity contribution >= 4 is 5.96 Å². The number of ether oxygens (including phenoxy) is 1. The molecule has 1 unspecified atom stereocenters. The SMILES string of the molecule is CCC1CCCCN1CCNC(=NC)NCc1ccn(-c2ccc(OC)cc2)n1. The second-order valence-corrected chi connectivity index (χ2v) is 7.40. The van der Waals surface area contributed by atoms with E-state index in [-0.39, 0.29) is 0 Å². The molecule has 0 amide bonds. The lowest BCUT2D eigenvalue weighted by Crippen LogP contribution is -2.45. The highest BCUT2D eigenvalue weighted by Gasteiger charge is 2.19. The molecule has 1 aliphatic rings. The minimum Gasteiger partial charge on any atom is -0.497 e. The third kappa shape index (κ3) is 5.97. The summed E-state index contributed by atoms with van der Waals surface area (Å²) >= 11 is 0. The van der Waals surface area contributed by atoms with Crippen molar-refractivity contribution in [2.24, 2.45) is 4.99 Å². The average Bonchev–Trinajstić information content (AvgIpc) is 3.25. The molecular formula is C22H34N6O. The van der Waals surface area contributed by atoms with Crippen LogP contribution in [-0.2, 0) is 6.54 Å². The Bertz CT molecular complexity index is 770. The molecule has 2 heterocycles. The largest absolute Gasteiger partial charge is 0.497 e. The minimum absolute atomic E-state index is 0.629. The summed E-state index contributed by atoms with van der Waals surface area (Å²) in [4.78, 5) is 6.95. The van der Waals surface area contributed by atoms with Gasteiger partial charge in [0.1, 0.15) is 5.75 Å². The van der Waals surface area contributed by atoms with Gasteiger partial charge in [0.25, 0.3) is 0 Å². The zero-order chi connectivity index (χ0) is 20.5. The lowest BCUT2D eigenvalue weighted by Gasteiger charge is -2.35. The van der Waals surface area contributed by atoms with Gasteiger partial charge in [-0.15, -0.1) is 0 Å². The van der Waals surface area contributed by atoms with E-state index in [0.29, 0.717) is 6.54 Å². The summed E-state index contributed by atoms with van der Waals surface area (Å²) in [6.07, 6.45) is 7.23. The number of likely N-dealkylation sites (tertiary alicyclic amines) is 1. The number of nitrogens with one attached hydrogen (secondary N) is 2. The van der Waals surface area contributed by atoms with Crippen molar-refractivity contribution in [3.8, 4) is 11.4 Å². The van der Waals surface area contributed by atoms with Crippen molar-refractivity contribution in [3.63, 3.8) is 0 Å². The molecule has 0 saturated carbocycles. The third-order valence-corrected chi connectivity index (χ3v) is 5.55. The van der Waals surface area contributed by atoms with Crippen molar-refractivity contribution < 1.29 is 4.74 Å². The first kappa shape index (κ1) is 21.2. The molecule has 1 saturated heterocycles. The van der Waals surface area contributed by atoms with Crippen LogP contribution in [0.2, 0.25) is 0 Å².